The van der Waals surface area contributed by atoms with Gasteiger partial charge in [0.15, 0.2) is 11.5 Å². The van der Waals surface area contributed by atoms with E-state index in [1.807, 2.05) is 47.1 Å². The Balaban J connectivity index is 0.00000245. The fourth-order valence-corrected chi connectivity index (χ4v) is 4.26. The normalized spacial score (nSPS) is 15.3. The maximum Gasteiger partial charge on any atom is 0.255 e. The predicted molar refractivity (Wildman–Crippen MR) is 124 cm³/mol. The molecule has 32 heavy (non-hydrogen) atoms. The first-order valence-electron chi connectivity index (χ1n) is 10.4. The highest BCUT2D eigenvalue weighted by atomic mass is 35.5. The summed E-state index contributed by atoms with van der Waals surface area (Å²) in [6.45, 7) is 2.48. The molecular weight excluding hydrogens is 451 g/mol. The first kappa shape index (κ1) is 22.5. The first-order valence-corrected chi connectivity index (χ1v) is 10.8. The highest BCUT2D eigenvalue weighted by Gasteiger charge is 2.27. The molecule has 0 spiro atoms. The zero-order chi connectivity index (χ0) is 21.2. The third kappa shape index (κ3) is 4.55. The Kier molecular flexibility index (Phi) is 6.89. The lowest BCUT2D eigenvalue weighted by Gasteiger charge is -2.24. The maximum absolute atomic E-state index is 13.2. The Labute approximate surface area is 197 Å². The number of nitrogens with one attached hydrogen (secondary N) is 2. The Morgan fingerprint density at radius 3 is 2.66 bits per heavy atom. The van der Waals surface area contributed by atoms with Crippen molar-refractivity contribution in [3.8, 4) is 17.2 Å². The van der Waals surface area contributed by atoms with Crippen molar-refractivity contribution in [1.29, 1.82) is 0 Å². The maximum atomic E-state index is 13.2. The van der Waals surface area contributed by atoms with Crippen molar-refractivity contribution in [2.45, 2.75) is 25.3 Å². The molecule has 1 fully saturated rings. The number of fused-ring (bicyclic) bond motifs is 1. The van der Waals surface area contributed by atoms with E-state index in [0.29, 0.717) is 22.9 Å². The smallest absolute Gasteiger partial charge is 0.255 e. The fourth-order valence-electron chi connectivity index (χ4n) is 4.14. The summed E-state index contributed by atoms with van der Waals surface area (Å²) < 4.78 is 12.7. The van der Waals surface area contributed by atoms with Gasteiger partial charge in [0.05, 0.1) is 23.1 Å². The van der Waals surface area contributed by atoms with E-state index in [9.17, 15) is 4.79 Å². The van der Waals surface area contributed by atoms with Crippen LogP contribution in [0.5, 0.6) is 11.5 Å². The van der Waals surface area contributed by atoms with Crippen LogP contribution in [0.4, 0.5) is 0 Å². The number of hydrogen-bond donors (Lipinski definition) is 2. The van der Waals surface area contributed by atoms with Crippen LogP contribution in [0.2, 0.25) is 5.02 Å². The van der Waals surface area contributed by atoms with Crippen molar-refractivity contribution >= 4 is 29.9 Å². The minimum atomic E-state index is -0.133. The van der Waals surface area contributed by atoms with E-state index in [4.69, 9.17) is 21.1 Å². The lowest BCUT2D eigenvalue weighted by molar-refractivity contribution is 0.0949. The van der Waals surface area contributed by atoms with Crippen LogP contribution in [0.15, 0.2) is 48.7 Å². The summed E-state index contributed by atoms with van der Waals surface area (Å²) in [4.78, 5) is 13.2. The summed E-state index contributed by atoms with van der Waals surface area (Å²) >= 11 is 6.06. The summed E-state index contributed by atoms with van der Waals surface area (Å²) in [6.07, 6.45) is 3.59. The molecule has 2 aliphatic heterocycles. The van der Waals surface area contributed by atoms with Gasteiger partial charge in [0.25, 0.3) is 5.91 Å². The summed E-state index contributed by atoms with van der Waals surface area (Å²) in [5, 5.41) is 11.7. The Morgan fingerprint density at radius 1 is 1.12 bits per heavy atom. The van der Waals surface area contributed by atoms with Gasteiger partial charge in [0.2, 0.25) is 6.79 Å². The van der Waals surface area contributed by atoms with Crippen LogP contribution in [-0.4, -0.2) is 35.6 Å². The Hall–Kier alpha value is -2.74. The quantitative estimate of drug-likeness (QED) is 0.582. The van der Waals surface area contributed by atoms with Crippen LogP contribution in [0.3, 0.4) is 0 Å². The number of carbonyl (C=O) groups is 1. The van der Waals surface area contributed by atoms with Crippen molar-refractivity contribution in [3.63, 3.8) is 0 Å². The second-order valence-corrected chi connectivity index (χ2v) is 8.16. The van der Waals surface area contributed by atoms with Crippen molar-refractivity contribution < 1.29 is 14.3 Å². The summed E-state index contributed by atoms with van der Waals surface area (Å²) in [5.41, 5.74) is 3.41. The van der Waals surface area contributed by atoms with E-state index in [0.717, 1.165) is 48.6 Å². The van der Waals surface area contributed by atoms with E-state index in [1.165, 1.54) is 0 Å². The minimum Gasteiger partial charge on any atom is -0.454 e. The van der Waals surface area contributed by atoms with E-state index in [1.54, 1.807) is 6.20 Å². The molecule has 2 N–H and O–H groups in total. The number of halogens is 2. The van der Waals surface area contributed by atoms with Crippen molar-refractivity contribution in [1.82, 2.24) is 20.4 Å². The molecule has 5 rings (SSSR count). The molecule has 2 aromatic carbocycles. The van der Waals surface area contributed by atoms with Crippen LogP contribution in [0, 0.1) is 0 Å². The number of aromatic nitrogens is 2. The molecule has 7 nitrogen and oxygen atoms in total. The molecule has 1 aromatic heterocycles. The van der Waals surface area contributed by atoms with Crippen LogP contribution < -0.4 is 20.1 Å². The van der Waals surface area contributed by atoms with Gasteiger partial charge in [0, 0.05) is 17.5 Å². The average Bonchev–Trinajstić information content (AvgIpc) is 3.45. The van der Waals surface area contributed by atoms with E-state index < -0.39 is 0 Å². The molecule has 168 valence electrons. The molecule has 3 heterocycles. The highest BCUT2D eigenvalue weighted by Crippen LogP contribution is 2.33. The third-order valence-electron chi connectivity index (χ3n) is 5.74. The van der Waals surface area contributed by atoms with E-state index >= 15 is 0 Å². The van der Waals surface area contributed by atoms with Crippen molar-refractivity contribution in [2.24, 2.45) is 0 Å². The number of carbonyl (C=O) groups excluding carboxylic acids is 1. The van der Waals surface area contributed by atoms with Gasteiger partial charge >= 0.3 is 0 Å². The number of piperidine rings is 1. The number of hydrogen-bond acceptors (Lipinski definition) is 5. The largest absolute Gasteiger partial charge is 0.454 e. The van der Waals surface area contributed by atoms with E-state index in [-0.39, 0.29) is 31.0 Å². The monoisotopic (exact) mass is 474 g/mol. The third-order valence-corrected chi connectivity index (χ3v) is 5.99. The topological polar surface area (TPSA) is 77.4 Å². The molecule has 0 radical (unpaired) electrons. The SMILES string of the molecule is Cl.O=C(NCc1ccc2c(c1)OCO2)c1cnn(-c2ccc(Cl)cc2)c1C1CCNCC1. The second-order valence-electron chi connectivity index (χ2n) is 7.73. The fraction of sp³-hybridized carbons (Fsp3) is 0.304. The van der Waals surface area contributed by atoms with Gasteiger partial charge in [-0.1, -0.05) is 17.7 Å². The van der Waals surface area contributed by atoms with Gasteiger partial charge in [-0.15, -0.1) is 12.4 Å². The molecule has 0 atom stereocenters. The number of amides is 1. The minimum absolute atomic E-state index is 0. The highest BCUT2D eigenvalue weighted by molar-refractivity contribution is 6.30. The lowest BCUT2D eigenvalue weighted by Crippen LogP contribution is -2.30. The summed E-state index contributed by atoms with van der Waals surface area (Å²) in [6, 6.07) is 13.2. The number of nitrogens with zero attached hydrogens (tertiary/aromatic N) is 2. The van der Waals surface area contributed by atoms with Crippen LogP contribution >= 0.6 is 24.0 Å². The van der Waals surface area contributed by atoms with Gasteiger partial charge in [0.1, 0.15) is 0 Å². The van der Waals surface area contributed by atoms with Gasteiger partial charge in [-0.2, -0.15) is 5.10 Å². The molecule has 9 heteroatoms. The summed E-state index contributed by atoms with van der Waals surface area (Å²) in [5.74, 6) is 1.56. The molecule has 2 aliphatic rings. The molecule has 0 aliphatic carbocycles. The predicted octanol–water partition coefficient (Wildman–Crippen LogP) is 4.07. The Bertz CT molecular complexity index is 1100. The van der Waals surface area contributed by atoms with Crippen LogP contribution in [-0.2, 0) is 6.54 Å². The molecule has 0 saturated carbocycles. The van der Waals surface area contributed by atoms with Crippen molar-refractivity contribution in [2.75, 3.05) is 19.9 Å². The summed E-state index contributed by atoms with van der Waals surface area (Å²) in [7, 11) is 0. The van der Waals surface area contributed by atoms with E-state index in [2.05, 4.69) is 15.7 Å². The van der Waals surface area contributed by atoms with Gasteiger partial charge in [-0.3, -0.25) is 4.79 Å². The van der Waals surface area contributed by atoms with Gasteiger partial charge in [-0.25, -0.2) is 4.68 Å². The number of rotatable bonds is 5. The molecule has 1 amide bonds. The second kappa shape index (κ2) is 9.81. The lowest BCUT2D eigenvalue weighted by atomic mass is 9.91. The molecule has 0 unspecified atom stereocenters. The standard InChI is InChI=1S/C23H23ClN4O3.ClH/c24-17-2-4-18(5-3-17)28-22(16-7-9-25-10-8-16)19(13-27-28)23(29)26-12-15-1-6-20-21(11-15)31-14-30-20;/h1-6,11,13,16,25H,7-10,12,14H2,(H,26,29);1H. The molecule has 3 aromatic rings. The van der Waals surface area contributed by atoms with Gasteiger partial charge < -0.3 is 20.1 Å². The number of ether oxygens (including phenoxy) is 2. The first-order chi connectivity index (χ1) is 15.2. The molecular formula is C23H24Cl2N4O3. The Morgan fingerprint density at radius 2 is 1.88 bits per heavy atom. The van der Waals surface area contributed by atoms with Crippen LogP contribution in [0.25, 0.3) is 5.69 Å². The zero-order valence-electron chi connectivity index (χ0n) is 17.3. The average molecular weight is 475 g/mol. The molecule has 1 saturated heterocycles. The van der Waals surface area contributed by atoms with Gasteiger partial charge in [-0.05, 0) is 67.9 Å². The number of benzene rings is 2. The zero-order valence-corrected chi connectivity index (χ0v) is 18.9. The van der Waals surface area contributed by atoms with Crippen LogP contribution in [0.1, 0.15) is 40.4 Å². The molecule has 0 bridgehead atoms. The van der Waals surface area contributed by atoms with Crippen molar-refractivity contribution in [3.05, 3.63) is 70.5 Å².